The molecule has 5 aliphatic rings. The standard InChI is InChI=1S/C30H29NO5/c1-16-8-9-19(12-17(16)2)25(32)15-36-30(35)24(13-18-6-4-3-5-7-18)31-28(33)26-20-10-11-21(23-14-22(20)23)27(26)29(31)34/h3-12,20-24,26-27H,13-15H2,1-2H3/t20-,21+,22-,23+,24-,26-,27+/m0/s1. The summed E-state index contributed by atoms with van der Waals surface area (Å²) in [6, 6.07) is 13.6. The third-order valence-electron chi connectivity index (χ3n) is 8.73. The fraction of sp³-hybridized carbons (Fsp3) is 0.400. The first-order valence-electron chi connectivity index (χ1n) is 12.7. The summed E-state index contributed by atoms with van der Waals surface area (Å²) in [5.74, 6) is -1.25. The number of nitrogens with zero attached hydrogens (tertiary/aromatic N) is 1. The third kappa shape index (κ3) is 3.62. The van der Waals surface area contributed by atoms with Gasteiger partial charge in [0.05, 0.1) is 11.8 Å². The van der Waals surface area contributed by atoms with E-state index in [-0.39, 0.29) is 47.7 Å². The Morgan fingerprint density at radius 1 is 0.917 bits per heavy atom. The number of ketones is 1. The number of amides is 2. The van der Waals surface area contributed by atoms with E-state index in [9.17, 15) is 19.2 Å². The second-order valence-electron chi connectivity index (χ2n) is 10.7. The zero-order valence-corrected chi connectivity index (χ0v) is 20.4. The lowest BCUT2D eigenvalue weighted by Crippen LogP contribution is -2.48. The molecule has 1 aliphatic heterocycles. The molecule has 6 heteroatoms. The first kappa shape index (κ1) is 22.9. The smallest absolute Gasteiger partial charge is 0.330 e. The van der Waals surface area contributed by atoms with Crippen molar-refractivity contribution in [2.45, 2.75) is 32.7 Å². The van der Waals surface area contributed by atoms with Crippen molar-refractivity contribution in [3.8, 4) is 0 Å². The maximum absolute atomic E-state index is 13.7. The highest BCUT2D eigenvalue weighted by Gasteiger charge is 2.68. The predicted octanol–water partition coefficient (Wildman–Crippen LogP) is 3.69. The largest absolute Gasteiger partial charge is 0.456 e. The first-order chi connectivity index (χ1) is 17.3. The van der Waals surface area contributed by atoms with E-state index in [1.165, 1.54) is 4.90 Å². The van der Waals surface area contributed by atoms with Crippen LogP contribution in [0.15, 0.2) is 60.7 Å². The van der Waals surface area contributed by atoms with Gasteiger partial charge in [0.15, 0.2) is 12.4 Å². The summed E-state index contributed by atoms with van der Waals surface area (Å²) in [6.45, 7) is 3.45. The third-order valence-corrected chi connectivity index (χ3v) is 8.73. The van der Waals surface area contributed by atoms with Crippen molar-refractivity contribution >= 4 is 23.6 Å². The number of Topliss-reactive ketones (excluding diaryl/α,β-unsaturated/α-hetero) is 1. The maximum Gasteiger partial charge on any atom is 0.330 e. The number of imide groups is 1. The van der Waals surface area contributed by atoms with Crippen LogP contribution in [0.1, 0.15) is 33.5 Å². The Bertz CT molecular complexity index is 1260. The quantitative estimate of drug-likeness (QED) is 0.260. The van der Waals surface area contributed by atoms with Gasteiger partial charge in [-0.25, -0.2) is 4.79 Å². The molecular formula is C30H29NO5. The molecule has 36 heavy (non-hydrogen) atoms. The van der Waals surface area contributed by atoms with Crippen molar-refractivity contribution in [3.63, 3.8) is 0 Å². The van der Waals surface area contributed by atoms with Gasteiger partial charge >= 0.3 is 5.97 Å². The summed E-state index contributed by atoms with van der Waals surface area (Å²) in [5.41, 5.74) is 3.33. The van der Waals surface area contributed by atoms with Gasteiger partial charge in [0, 0.05) is 12.0 Å². The Kier molecular flexibility index (Phi) is 5.43. The Labute approximate surface area is 210 Å². The van der Waals surface area contributed by atoms with Gasteiger partial charge in [-0.2, -0.15) is 0 Å². The second kappa shape index (κ2) is 8.54. The summed E-state index contributed by atoms with van der Waals surface area (Å²) < 4.78 is 5.47. The zero-order chi connectivity index (χ0) is 25.1. The van der Waals surface area contributed by atoms with E-state index in [4.69, 9.17) is 4.74 Å². The van der Waals surface area contributed by atoms with Crippen molar-refractivity contribution in [2.24, 2.45) is 35.5 Å². The summed E-state index contributed by atoms with van der Waals surface area (Å²) in [4.78, 5) is 54.7. The maximum atomic E-state index is 13.7. The van der Waals surface area contributed by atoms with Crippen molar-refractivity contribution in [1.29, 1.82) is 0 Å². The second-order valence-corrected chi connectivity index (χ2v) is 10.7. The number of rotatable bonds is 7. The molecule has 2 amide bonds. The van der Waals surface area contributed by atoms with Crippen molar-refractivity contribution in [1.82, 2.24) is 4.90 Å². The van der Waals surface area contributed by atoms with Crippen molar-refractivity contribution in [3.05, 3.63) is 82.9 Å². The molecule has 184 valence electrons. The van der Waals surface area contributed by atoms with E-state index in [1.807, 2.05) is 50.2 Å². The molecule has 0 spiro atoms. The Morgan fingerprint density at radius 2 is 1.56 bits per heavy atom. The minimum Gasteiger partial charge on any atom is -0.456 e. The molecule has 4 aliphatic carbocycles. The molecule has 2 aromatic carbocycles. The van der Waals surface area contributed by atoms with Crippen LogP contribution in [0.25, 0.3) is 0 Å². The van der Waals surface area contributed by atoms with Crippen LogP contribution in [0.2, 0.25) is 0 Å². The van der Waals surface area contributed by atoms with Gasteiger partial charge in [-0.1, -0.05) is 54.6 Å². The lowest BCUT2D eigenvalue weighted by atomic mass is 9.63. The van der Waals surface area contributed by atoms with Gasteiger partial charge in [-0.3, -0.25) is 19.3 Å². The van der Waals surface area contributed by atoms with E-state index < -0.39 is 18.6 Å². The monoisotopic (exact) mass is 483 g/mol. The van der Waals surface area contributed by atoms with Crippen LogP contribution in [0.3, 0.4) is 0 Å². The molecular weight excluding hydrogens is 454 g/mol. The highest BCUT2D eigenvalue weighted by Crippen LogP contribution is 2.65. The van der Waals surface area contributed by atoms with Crippen LogP contribution < -0.4 is 0 Å². The topological polar surface area (TPSA) is 80.8 Å². The predicted molar refractivity (Wildman–Crippen MR) is 132 cm³/mol. The molecule has 6 nitrogen and oxygen atoms in total. The summed E-state index contributed by atoms with van der Waals surface area (Å²) >= 11 is 0. The van der Waals surface area contributed by atoms with Gasteiger partial charge in [-0.05, 0) is 66.7 Å². The minimum absolute atomic E-state index is 0.0752. The Morgan fingerprint density at radius 3 is 2.17 bits per heavy atom. The average Bonchev–Trinajstić information content (AvgIpc) is 3.67. The number of carbonyl (C=O) groups is 4. The van der Waals surface area contributed by atoms with Crippen LogP contribution in [0, 0.1) is 49.4 Å². The zero-order valence-electron chi connectivity index (χ0n) is 20.4. The van der Waals surface area contributed by atoms with Gasteiger partial charge < -0.3 is 4.74 Å². The highest BCUT2D eigenvalue weighted by atomic mass is 16.5. The molecule has 1 heterocycles. The molecule has 2 aromatic rings. The number of carbonyl (C=O) groups excluding carboxylic acids is 4. The molecule has 2 bridgehead atoms. The molecule has 7 rings (SSSR count). The SMILES string of the molecule is Cc1ccc(C(=O)COC(=O)[C@H](Cc2ccccc2)N2C(=O)[C@@H]3[C@@H]4C=C[C@@H]([C@@H]5C[C@H]45)[C@@H]3C2=O)cc1C. The fourth-order valence-electron chi connectivity index (χ4n) is 6.64. The van der Waals surface area contributed by atoms with Crippen LogP contribution in [0.5, 0.6) is 0 Å². The fourth-order valence-corrected chi connectivity index (χ4v) is 6.64. The van der Waals surface area contributed by atoms with E-state index in [0.29, 0.717) is 17.4 Å². The van der Waals surface area contributed by atoms with E-state index >= 15 is 0 Å². The number of esters is 1. The van der Waals surface area contributed by atoms with Crippen LogP contribution >= 0.6 is 0 Å². The van der Waals surface area contributed by atoms with Crippen LogP contribution in [-0.2, 0) is 25.5 Å². The number of likely N-dealkylation sites (tertiary alicyclic amines) is 1. The highest BCUT2D eigenvalue weighted by molar-refractivity contribution is 6.09. The number of hydrogen-bond acceptors (Lipinski definition) is 5. The molecule has 2 saturated carbocycles. The number of ether oxygens (including phenoxy) is 1. The normalized spacial score (nSPS) is 30.1. The first-order valence-corrected chi connectivity index (χ1v) is 12.7. The summed E-state index contributed by atoms with van der Waals surface area (Å²) in [6.07, 6.45) is 5.46. The number of hydrogen-bond donors (Lipinski definition) is 0. The van der Waals surface area contributed by atoms with Crippen molar-refractivity contribution in [2.75, 3.05) is 6.61 Å². The average molecular weight is 484 g/mol. The Hall–Kier alpha value is -3.54. The van der Waals surface area contributed by atoms with Crippen molar-refractivity contribution < 1.29 is 23.9 Å². The molecule has 1 saturated heterocycles. The van der Waals surface area contributed by atoms with E-state index in [0.717, 1.165) is 23.1 Å². The molecule has 7 atom stereocenters. The van der Waals surface area contributed by atoms with Gasteiger partial charge in [0.2, 0.25) is 11.8 Å². The number of benzene rings is 2. The number of aryl methyl sites for hydroxylation is 2. The lowest BCUT2D eigenvalue weighted by Gasteiger charge is -2.37. The summed E-state index contributed by atoms with van der Waals surface area (Å²) in [7, 11) is 0. The summed E-state index contributed by atoms with van der Waals surface area (Å²) in [5, 5.41) is 0. The molecule has 0 N–H and O–H groups in total. The molecule has 0 aromatic heterocycles. The molecule has 0 unspecified atom stereocenters. The Balaban J connectivity index is 1.24. The van der Waals surface area contributed by atoms with Crippen LogP contribution in [0.4, 0.5) is 0 Å². The van der Waals surface area contributed by atoms with Gasteiger partial charge in [0.1, 0.15) is 6.04 Å². The van der Waals surface area contributed by atoms with Gasteiger partial charge in [0.25, 0.3) is 0 Å². The van der Waals surface area contributed by atoms with E-state index in [2.05, 4.69) is 12.2 Å². The number of allylic oxidation sites excluding steroid dienone is 2. The van der Waals surface area contributed by atoms with Gasteiger partial charge in [-0.15, -0.1) is 0 Å². The van der Waals surface area contributed by atoms with E-state index in [1.54, 1.807) is 12.1 Å². The minimum atomic E-state index is -1.10. The molecule has 3 fully saturated rings. The van der Waals surface area contributed by atoms with Crippen LogP contribution in [-0.4, -0.2) is 41.1 Å². The molecule has 0 radical (unpaired) electrons. The lowest BCUT2D eigenvalue weighted by molar-refractivity contribution is -0.158.